The van der Waals surface area contributed by atoms with Crippen molar-refractivity contribution < 1.29 is 22.4 Å². The van der Waals surface area contributed by atoms with E-state index < -0.39 is 24.3 Å². The molecule has 2 nitrogen and oxygen atoms in total. The minimum Gasteiger partial charge on any atom is -0.294 e. The summed E-state index contributed by atoms with van der Waals surface area (Å²) in [6.07, 6.45) is 4.65. The van der Waals surface area contributed by atoms with Crippen LogP contribution in [0.1, 0.15) is 123 Å². The van der Waals surface area contributed by atoms with E-state index in [9.17, 15) is 18.0 Å². The van der Waals surface area contributed by atoms with Crippen LogP contribution in [0.2, 0.25) is 0 Å². The molecule has 0 saturated heterocycles. The van der Waals surface area contributed by atoms with Crippen molar-refractivity contribution in [2.45, 2.75) is 105 Å². The van der Waals surface area contributed by atoms with E-state index in [1.807, 2.05) is 13.8 Å². The first-order valence-electron chi connectivity index (χ1n) is 14.5. The predicted molar refractivity (Wildman–Crippen MR) is 149 cm³/mol. The molecule has 1 saturated carbocycles. The fourth-order valence-corrected chi connectivity index (χ4v) is 6.61. The lowest BCUT2D eigenvalue weighted by Crippen LogP contribution is -2.22. The molecule has 2 aliphatic carbocycles. The van der Waals surface area contributed by atoms with Crippen LogP contribution in [0.25, 0.3) is 11.1 Å². The molecule has 1 fully saturated rings. The summed E-state index contributed by atoms with van der Waals surface area (Å²) in [7, 11) is 0. The number of carbonyl (C=O) groups excluding carboxylic acids is 1. The van der Waals surface area contributed by atoms with Gasteiger partial charge in [0.05, 0.1) is 11.6 Å². The Bertz CT molecular complexity index is 1220. The highest BCUT2D eigenvalue weighted by Gasteiger charge is 2.39. The minimum absolute atomic E-state index is 0.0567. The third-order valence-electron chi connectivity index (χ3n) is 9.27. The van der Waals surface area contributed by atoms with E-state index in [-0.39, 0.29) is 23.2 Å². The maximum Gasteiger partial charge on any atom is 0.391 e. The first-order chi connectivity index (χ1) is 18.4. The highest BCUT2D eigenvalue weighted by atomic mass is 19.4. The number of nitrogens with zero attached hydrogens (tertiary/aromatic N) is 1. The van der Waals surface area contributed by atoms with Crippen LogP contribution >= 0.6 is 0 Å². The molecule has 3 atom stereocenters. The Morgan fingerprint density at radius 1 is 1.15 bits per heavy atom. The minimum atomic E-state index is -4.41. The summed E-state index contributed by atoms with van der Waals surface area (Å²) in [6.45, 7) is 9.17. The van der Waals surface area contributed by atoms with Crippen molar-refractivity contribution in [1.29, 1.82) is 0 Å². The predicted octanol–water partition coefficient (Wildman–Crippen LogP) is 10.0. The van der Waals surface area contributed by atoms with Crippen LogP contribution in [0.3, 0.4) is 0 Å². The summed E-state index contributed by atoms with van der Waals surface area (Å²) >= 11 is 0. The largest absolute Gasteiger partial charge is 0.391 e. The topological polar surface area (TPSA) is 30.0 Å². The van der Waals surface area contributed by atoms with E-state index in [0.717, 1.165) is 79.0 Å². The van der Waals surface area contributed by atoms with Gasteiger partial charge in [-0.15, -0.1) is 0 Å². The molecule has 1 heterocycles. The van der Waals surface area contributed by atoms with Crippen molar-refractivity contribution in [2.24, 2.45) is 17.8 Å². The molecule has 0 aliphatic heterocycles. The number of carbonyl (C=O) groups is 1. The second-order valence-corrected chi connectivity index (χ2v) is 11.9. The lowest BCUT2D eigenvalue weighted by Gasteiger charge is -2.30. The van der Waals surface area contributed by atoms with E-state index in [0.29, 0.717) is 11.5 Å². The van der Waals surface area contributed by atoms with Crippen LogP contribution < -0.4 is 0 Å². The molecule has 212 valence electrons. The number of fused-ring (bicyclic) bond motifs is 1. The van der Waals surface area contributed by atoms with Crippen LogP contribution in [-0.2, 0) is 0 Å². The molecule has 4 rings (SSSR count). The molecule has 0 N–H and O–H groups in total. The highest BCUT2D eigenvalue weighted by molar-refractivity contribution is 5.97. The Kier molecular flexibility index (Phi) is 9.02. The first-order valence-corrected chi connectivity index (χ1v) is 14.5. The van der Waals surface area contributed by atoms with Gasteiger partial charge in [0, 0.05) is 18.2 Å². The third kappa shape index (κ3) is 6.15. The number of allylic oxidation sites excluding steroid dienone is 2. The molecular weight excluding hydrogens is 502 g/mol. The summed E-state index contributed by atoms with van der Waals surface area (Å²) in [6, 6.07) is 5.53. The first kappa shape index (κ1) is 29.5. The summed E-state index contributed by atoms with van der Waals surface area (Å²) in [5, 5.41) is 0. The van der Waals surface area contributed by atoms with Gasteiger partial charge in [0.25, 0.3) is 0 Å². The van der Waals surface area contributed by atoms with E-state index >= 15 is 4.39 Å². The fraction of sp³-hybridized carbons (Fsp3) is 0.576. The molecule has 0 spiro atoms. The zero-order valence-corrected chi connectivity index (χ0v) is 23.9. The molecule has 1 aromatic heterocycles. The number of aromatic nitrogens is 1. The SMILES string of the molecule is CCCCC1=C(c2ccc(C(=O)CC(C)C(F)(F)F)cn2)CC(C2CCCC2)C(C)c2c1cc(C)c(C)c2F. The Hall–Kier alpha value is -2.50. The lowest BCUT2D eigenvalue weighted by molar-refractivity contribution is -0.168. The van der Waals surface area contributed by atoms with Crippen molar-refractivity contribution >= 4 is 16.9 Å². The second-order valence-electron chi connectivity index (χ2n) is 11.9. The van der Waals surface area contributed by atoms with Crippen LogP contribution in [0.15, 0.2) is 24.4 Å². The zero-order valence-electron chi connectivity index (χ0n) is 23.9. The Morgan fingerprint density at radius 2 is 1.85 bits per heavy atom. The van der Waals surface area contributed by atoms with Gasteiger partial charge in [0.1, 0.15) is 5.82 Å². The van der Waals surface area contributed by atoms with Crippen molar-refractivity contribution in [2.75, 3.05) is 0 Å². The molecule has 1 aromatic carbocycles. The van der Waals surface area contributed by atoms with Crippen molar-refractivity contribution in [3.05, 3.63) is 63.7 Å². The van der Waals surface area contributed by atoms with Gasteiger partial charge < -0.3 is 0 Å². The van der Waals surface area contributed by atoms with Gasteiger partial charge in [0.15, 0.2) is 5.78 Å². The van der Waals surface area contributed by atoms with Gasteiger partial charge >= 0.3 is 6.18 Å². The van der Waals surface area contributed by atoms with Gasteiger partial charge in [-0.25, -0.2) is 4.39 Å². The Morgan fingerprint density at radius 3 is 2.44 bits per heavy atom. The fourth-order valence-electron chi connectivity index (χ4n) is 6.61. The average molecular weight is 544 g/mol. The van der Waals surface area contributed by atoms with E-state index in [1.54, 1.807) is 12.1 Å². The number of rotatable bonds is 8. The normalized spacial score (nSPS) is 21.2. The van der Waals surface area contributed by atoms with Crippen molar-refractivity contribution in [1.82, 2.24) is 4.98 Å². The third-order valence-corrected chi connectivity index (χ3v) is 9.27. The van der Waals surface area contributed by atoms with Crippen LogP contribution in [-0.4, -0.2) is 16.9 Å². The molecule has 0 radical (unpaired) electrons. The maximum absolute atomic E-state index is 16.0. The van der Waals surface area contributed by atoms with Gasteiger partial charge in [-0.1, -0.05) is 58.9 Å². The van der Waals surface area contributed by atoms with Crippen LogP contribution in [0.5, 0.6) is 0 Å². The number of halogens is 4. The van der Waals surface area contributed by atoms with Gasteiger partial charge in [-0.3, -0.25) is 9.78 Å². The van der Waals surface area contributed by atoms with Crippen molar-refractivity contribution in [3.8, 4) is 0 Å². The summed E-state index contributed by atoms with van der Waals surface area (Å²) in [5.74, 6) is -1.52. The molecule has 0 bridgehead atoms. The lowest BCUT2D eigenvalue weighted by atomic mass is 9.74. The molecule has 2 aliphatic rings. The number of Topliss-reactive ketones (excluding diaryl/α,β-unsaturated/α-hetero) is 1. The smallest absolute Gasteiger partial charge is 0.294 e. The average Bonchev–Trinajstić information content (AvgIpc) is 3.39. The number of unbranched alkanes of at least 4 members (excludes halogenated alkanes) is 1. The van der Waals surface area contributed by atoms with E-state index in [4.69, 9.17) is 0 Å². The quantitative estimate of drug-likeness (QED) is 0.245. The number of benzene rings is 1. The molecule has 6 heteroatoms. The summed E-state index contributed by atoms with van der Waals surface area (Å²) in [5.41, 5.74) is 6.59. The Labute approximate surface area is 230 Å². The molecule has 0 amide bonds. The van der Waals surface area contributed by atoms with Gasteiger partial charge in [0.2, 0.25) is 0 Å². The van der Waals surface area contributed by atoms with E-state index in [1.165, 1.54) is 19.0 Å². The van der Waals surface area contributed by atoms with E-state index in [2.05, 4.69) is 24.9 Å². The maximum atomic E-state index is 16.0. The number of hydrogen-bond donors (Lipinski definition) is 0. The van der Waals surface area contributed by atoms with Gasteiger partial charge in [-0.2, -0.15) is 13.2 Å². The van der Waals surface area contributed by atoms with Crippen molar-refractivity contribution in [3.63, 3.8) is 0 Å². The standard InChI is InChI=1S/C33H41F4NO/c1-6-7-12-25-27(29-14-13-24(18-38-29)30(39)16-20(3)33(35,36)37)17-26(23-10-8-9-11-23)22(5)31-28(25)15-19(2)21(4)32(31)34/h13-15,18,20,22-23,26H,6-12,16-17H2,1-5H3. The molecule has 3 unspecified atom stereocenters. The molecular formula is C33H41F4NO. The number of hydrogen-bond acceptors (Lipinski definition) is 2. The monoisotopic (exact) mass is 543 g/mol. The molecule has 2 aromatic rings. The summed E-state index contributed by atoms with van der Waals surface area (Å²) < 4.78 is 55.1. The highest BCUT2D eigenvalue weighted by Crippen LogP contribution is 2.51. The number of alkyl halides is 3. The number of pyridine rings is 1. The second kappa shape index (κ2) is 11.9. The Balaban J connectivity index is 1.82. The zero-order chi connectivity index (χ0) is 28.5. The number of ketones is 1. The van der Waals surface area contributed by atoms with Crippen LogP contribution in [0.4, 0.5) is 17.6 Å². The number of aryl methyl sites for hydroxylation is 1. The van der Waals surface area contributed by atoms with Gasteiger partial charge in [-0.05, 0) is 96.4 Å². The molecule has 39 heavy (non-hydrogen) atoms. The van der Waals surface area contributed by atoms with Crippen LogP contribution in [0, 0.1) is 37.4 Å². The summed E-state index contributed by atoms with van der Waals surface area (Å²) in [4.78, 5) is 17.3.